The van der Waals surface area contributed by atoms with E-state index < -0.39 is 7.60 Å². The maximum absolute atomic E-state index is 12.5. The van der Waals surface area contributed by atoms with Crippen molar-refractivity contribution in [1.29, 1.82) is 0 Å². The van der Waals surface area contributed by atoms with Crippen molar-refractivity contribution in [2.75, 3.05) is 11.9 Å². The molecule has 0 amide bonds. The summed E-state index contributed by atoms with van der Waals surface area (Å²) < 4.78 is 17.6. The van der Waals surface area contributed by atoms with E-state index in [0.29, 0.717) is 5.69 Å². The van der Waals surface area contributed by atoms with Gasteiger partial charge in [0.25, 0.3) is 0 Å². The molecule has 2 aromatic carbocycles. The van der Waals surface area contributed by atoms with Gasteiger partial charge in [0.1, 0.15) is 0 Å². The summed E-state index contributed by atoms with van der Waals surface area (Å²) in [6, 6.07) is 16.9. The van der Waals surface area contributed by atoms with Crippen LogP contribution < -0.4 is 5.32 Å². The second kappa shape index (κ2) is 8.77. The highest BCUT2D eigenvalue weighted by Crippen LogP contribution is 2.44. The lowest BCUT2D eigenvalue weighted by Crippen LogP contribution is -2.15. The van der Waals surface area contributed by atoms with Crippen LogP contribution in [0, 0.1) is 0 Å². The maximum atomic E-state index is 12.5. The monoisotopic (exact) mass is 384 g/mol. The van der Waals surface area contributed by atoms with Gasteiger partial charge in [-0.05, 0) is 30.2 Å². The number of H-pyrrole nitrogens is 1. The molecule has 0 radical (unpaired) electrons. The highest BCUT2D eigenvalue weighted by molar-refractivity contribution is 7.71. The Morgan fingerprint density at radius 1 is 1.22 bits per heavy atom. The number of aromatic nitrogens is 2. The smallest absolute Gasteiger partial charge is 0.345 e. The molecule has 140 valence electrons. The summed E-state index contributed by atoms with van der Waals surface area (Å²) >= 11 is 0. The molecule has 3 N–H and O–H groups in total. The number of nitrogens with one attached hydrogen (secondary N) is 2. The third kappa shape index (κ3) is 5.14. The molecule has 7 nitrogen and oxygen atoms in total. The number of aliphatic imine (C=N–C) groups is 1. The topological polar surface area (TPSA) is 99.6 Å². The third-order valence-corrected chi connectivity index (χ3v) is 5.17. The van der Waals surface area contributed by atoms with E-state index in [0.717, 1.165) is 16.8 Å². The van der Waals surface area contributed by atoms with Crippen LogP contribution in [0.1, 0.15) is 12.5 Å². The number of aromatic amines is 1. The number of rotatable bonds is 7. The van der Waals surface area contributed by atoms with Gasteiger partial charge in [-0.15, -0.1) is 0 Å². The highest BCUT2D eigenvalue weighted by atomic mass is 31.2. The molecule has 0 saturated heterocycles. The second-order valence-electron chi connectivity index (χ2n) is 5.73. The van der Waals surface area contributed by atoms with E-state index in [9.17, 15) is 9.46 Å². The van der Waals surface area contributed by atoms with Crippen LogP contribution in [0.4, 0.5) is 5.69 Å². The standard InChI is InChI=1S/C19H21N4O3P/c1-2-26-27(24,25)19(21-12-15-6-4-3-5-7-15)23-17-10-8-16(9-11-17)18-13-20-14-22-18/h3-11,13-14H,2,12H2,1H3,(H,20,22)(H,21,23)(H,24,25). The zero-order chi connectivity index (χ0) is 19.1. The summed E-state index contributed by atoms with van der Waals surface area (Å²) in [6.45, 7) is 2.04. The van der Waals surface area contributed by atoms with Crippen LogP contribution in [-0.4, -0.2) is 27.0 Å². The maximum Gasteiger partial charge on any atom is 0.393 e. The summed E-state index contributed by atoms with van der Waals surface area (Å²) in [7, 11) is -4.04. The summed E-state index contributed by atoms with van der Waals surface area (Å²) in [4.78, 5) is 21.6. The number of imidazole rings is 1. The summed E-state index contributed by atoms with van der Waals surface area (Å²) in [5, 5.41) is 2.93. The molecule has 0 spiro atoms. The molecule has 0 aliphatic heterocycles. The van der Waals surface area contributed by atoms with E-state index in [2.05, 4.69) is 20.3 Å². The molecule has 3 aromatic rings. The number of nitrogens with zero attached hydrogens (tertiary/aromatic N) is 2. The number of benzene rings is 2. The van der Waals surface area contributed by atoms with Crippen LogP contribution in [-0.2, 0) is 15.6 Å². The summed E-state index contributed by atoms with van der Waals surface area (Å²) in [5.41, 5.74) is 3.34. The van der Waals surface area contributed by atoms with Gasteiger partial charge in [0.2, 0.25) is 5.58 Å². The van der Waals surface area contributed by atoms with Crippen molar-refractivity contribution in [3.63, 3.8) is 0 Å². The third-order valence-electron chi connectivity index (χ3n) is 3.78. The zero-order valence-electron chi connectivity index (χ0n) is 14.9. The first-order valence-corrected chi connectivity index (χ1v) is 10.1. The van der Waals surface area contributed by atoms with Gasteiger partial charge >= 0.3 is 7.60 Å². The van der Waals surface area contributed by atoms with E-state index in [-0.39, 0.29) is 18.7 Å². The van der Waals surface area contributed by atoms with Crippen LogP contribution in [0.15, 0.2) is 72.1 Å². The molecule has 0 aliphatic rings. The fourth-order valence-corrected chi connectivity index (χ4v) is 3.45. The van der Waals surface area contributed by atoms with E-state index in [1.54, 1.807) is 31.6 Å². The fourth-order valence-electron chi connectivity index (χ4n) is 2.46. The second-order valence-corrected chi connectivity index (χ2v) is 7.45. The molecule has 0 bridgehead atoms. The molecule has 1 unspecified atom stereocenters. The minimum atomic E-state index is -4.04. The molecular formula is C19H21N4O3P. The van der Waals surface area contributed by atoms with E-state index in [1.807, 2.05) is 42.5 Å². The van der Waals surface area contributed by atoms with Crippen LogP contribution in [0.25, 0.3) is 11.3 Å². The minimum absolute atomic E-state index is 0.0810. The van der Waals surface area contributed by atoms with Gasteiger partial charge in [-0.1, -0.05) is 42.5 Å². The summed E-state index contributed by atoms with van der Waals surface area (Å²) in [5.74, 6) is 0. The molecule has 8 heteroatoms. The zero-order valence-corrected chi connectivity index (χ0v) is 15.8. The first-order chi connectivity index (χ1) is 13.1. The van der Waals surface area contributed by atoms with E-state index in [4.69, 9.17) is 4.52 Å². The quantitative estimate of drug-likeness (QED) is 0.321. The average Bonchev–Trinajstić information content (AvgIpc) is 3.21. The minimum Gasteiger partial charge on any atom is -0.345 e. The SMILES string of the molecule is CCOP(=O)(O)C(=NCc1ccccc1)Nc1ccc(-c2cnc[nH]2)cc1. The Balaban J connectivity index is 1.81. The van der Waals surface area contributed by atoms with Crippen molar-refractivity contribution in [1.82, 2.24) is 9.97 Å². The van der Waals surface area contributed by atoms with Gasteiger partial charge in [-0.3, -0.25) is 9.56 Å². The Bertz CT molecular complexity index is 925. The average molecular weight is 384 g/mol. The van der Waals surface area contributed by atoms with Crippen molar-refractivity contribution >= 4 is 18.9 Å². The van der Waals surface area contributed by atoms with Crippen LogP contribution in [0.2, 0.25) is 0 Å². The Morgan fingerprint density at radius 3 is 2.59 bits per heavy atom. The lowest BCUT2D eigenvalue weighted by Gasteiger charge is -2.16. The van der Waals surface area contributed by atoms with Crippen molar-refractivity contribution in [3.8, 4) is 11.3 Å². The lowest BCUT2D eigenvalue weighted by molar-refractivity contribution is 0.286. The van der Waals surface area contributed by atoms with Gasteiger partial charge in [-0.25, -0.2) is 4.98 Å². The first-order valence-electron chi connectivity index (χ1n) is 8.50. The largest absolute Gasteiger partial charge is 0.393 e. The normalized spacial score (nSPS) is 13.9. The van der Waals surface area contributed by atoms with Crippen molar-refractivity contribution in [2.45, 2.75) is 13.5 Å². The molecule has 1 atom stereocenters. The van der Waals surface area contributed by atoms with Gasteiger partial charge in [0.15, 0.2) is 0 Å². The molecule has 0 fully saturated rings. The van der Waals surface area contributed by atoms with Crippen LogP contribution >= 0.6 is 7.60 Å². The Kier molecular flexibility index (Phi) is 6.19. The molecule has 0 saturated carbocycles. The highest BCUT2D eigenvalue weighted by Gasteiger charge is 2.27. The van der Waals surface area contributed by atoms with Gasteiger partial charge in [0.05, 0.1) is 31.4 Å². The molecular weight excluding hydrogens is 363 g/mol. The first kappa shape index (κ1) is 19.0. The van der Waals surface area contributed by atoms with Crippen molar-refractivity contribution in [2.24, 2.45) is 4.99 Å². The van der Waals surface area contributed by atoms with Gasteiger partial charge in [0, 0.05) is 5.69 Å². The molecule has 27 heavy (non-hydrogen) atoms. The molecule has 3 rings (SSSR count). The Hall–Kier alpha value is -2.73. The number of hydrogen-bond donors (Lipinski definition) is 3. The van der Waals surface area contributed by atoms with Crippen LogP contribution in [0.3, 0.4) is 0 Å². The predicted octanol–water partition coefficient (Wildman–Crippen LogP) is 4.27. The number of hydrogen-bond acceptors (Lipinski definition) is 4. The molecule has 1 heterocycles. The predicted molar refractivity (Wildman–Crippen MR) is 107 cm³/mol. The van der Waals surface area contributed by atoms with E-state index >= 15 is 0 Å². The van der Waals surface area contributed by atoms with Crippen molar-refractivity contribution < 1.29 is 14.0 Å². The van der Waals surface area contributed by atoms with E-state index in [1.165, 1.54) is 0 Å². The van der Waals surface area contributed by atoms with Gasteiger partial charge in [-0.2, -0.15) is 0 Å². The number of anilines is 1. The fraction of sp³-hybridized carbons (Fsp3) is 0.158. The Morgan fingerprint density at radius 2 is 1.96 bits per heavy atom. The van der Waals surface area contributed by atoms with Crippen molar-refractivity contribution in [3.05, 3.63) is 72.7 Å². The Labute approximate surface area is 157 Å². The van der Waals surface area contributed by atoms with Gasteiger partial charge < -0.3 is 19.7 Å². The number of amidine groups is 1. The molecule has 1 aromatic heterocycles. The molecule has 0 aliphatic carbocycles. The van der Waals surface area contributed by atoms with Crippen LogP contribution in [0.5, 0.6) is 0 Å². The summed E-state index contributed by atoms with van der Waals surface area (Å²) in [6.07, 6.45) is 3.34. The lowest BCUT2D eigenvalue weighted by atomic mass is 10.1.